The first kappa shape index (κ1) is 16.6. The molecule has 1 aliphatic heterocycles. The molecule has 0 aliphatic carbocycles. The fraction of sp³-hybridized carbons (Fsp3) is 0.400. The lowest BCUT2D eigenvalue weighted by atomic mass is 10.1. The fourth-order valence-electron chi connectivity index (χ4n) is 2.51. The van der Waals surface area contributed by atoms with Gasteiger partial charge >= 0.3 is 6.01 Å². The van der Waals surface area contributed by atoms with Crippen LogP contribution in [-0.4, -0.2) is 49.7 Å². The van der Waals surface area contributed by atoms with Crippen molar-refractivity contribution in [3.63, 3.8) is 0 Å². The molecule has 1 fully saturated rings. The SMILES string of the molecule is Cn1nc(C(=O)N2CCCC(Oc3ncc(Br)cn3)C2)ccc1=O. The van der Waals surface area contributed by atoms with Crippen LogP contribution in [0.4, 0.5) is 0 Å². The van der Waals surface area contributed by atoms with Crippen molar-refractivity contribution in [1.82, 2.24) is 24.6 Å². The molecule has 0 radical (unpaired) electrons. The number of likely N-dealkylation sites (tertiary alicyclic amines) is 1. The first-order chi connectivity index (χ1) is 11.5. The Balaban J connectivity index is 1.68. The summed E-state index contributed by atoms with van der Waals surface area (Å²) < 4.78 is 7.68. The number of piperidine rings is 1. The number of nitrogens with zero attached hydrogens (tertiary/aromatic N) is 5. The summed E-state index contributed by atoms with van der Waals surface area (Å²) in [6.45, 7) is 1.06. The number of amides is 1. The van der Waals surface area contributed by atoms with Crippen molar-refractivity contribution in [2.45, 2.75) is 18.9 Å². The minimum atomic E-state index is -0.251. The molecule has 2 aromatic heterocycles. The molecule has 9 heteroatoms. The van der Waals surface area contributed by atoms with Gasteiger partial charge in [0.15, 0.2) is 0 Å². The number of hydrogen-bond acceptors (Lipinski definition) is 6. The summed E-state index contributed by atoms with van der Waals surface area (Å²) in [6.07, 6.45) is 4.70. The molecule has 0 aromatic carbocycles. The molecule has 2 aromatic rings. The van der Waals surface area contributed by atoms with E-state index < -0.39 is 0 Å². The summed E-state index contributed by atoms with van der Waals surface area (Å²) in [4.78, 5) is 33.8. The van der Waals surface area contributed by atoms with Gasteiger partial charge < -0.3 is 9.64 Å². The van der Waals surface area contributed by atoms with Crippen LogP contribution in [0, 0.1) is 0 Å². The smallest absolute Gasteiger partial charge is 0.316 e. The molecule has 1 amide bonds. The quantitative estimate of drug-likeness (QED) is 0.772. The van der Waals surface area contributed by atoms with Crippen molar-refractivity contribution in [2.75, 3.05) is 13.1 Å². The van der Waals surface area contributed by atoms with Crippen LogP contribution in [0.1, 0.15) is 23.3 Å². The molecule has 0 saturated carbocycles. The van der Waals surface area contributed by atoms with Crippen molar-refractivity contribution >= 4 is 21.8 Å². The second-order valence-corrected chi connectivity index (χ2v) is 6.41. The Morgan fingerprint density at radius 2 is 2.08 bits per heavy atom. The average Bonchev–Trinajstić information content (AvgIpc) is 2.59. The zero-order chi connectivity index (χ0) is 17.1. The number of halogens is 1. The zero-order valence-corrected chi connectivity index (χ0v) is 14.6. The number of ether oxygens (including phenoxy) is 1. The Hall–Kier alpha value is -2.29. The monoisotopic (exact) mass is 393 g/mol. The van der Waals surface area contributed by atoms with Gasteiger partial charge in [0.1, 0.15) is 11.8 Å². The lowest BCUT2D eigenvalue weighted by Gasteiger charge is -2.32. The topological polar surface area (TPSA) is 90.2 Å². The maximum atomic E-state index is 12.6. The minimum Gasteiger partial charge on any atom is -0.458 e. The van der Waals surface area contributed by atoms with Gasteiger partial charge in [-0.2, -0.15) is 5.10 Å². The van der Waals surface area contributed by atoms with Gasteiger partial charge in [-0.1, -0.05) is 0 Å². The van der Waals surface area contributed by atoms with E-state index in [9.17, 15) is 9.59 Å². The second-order valence-electron chi connectivity index (χ2n) is 5.50. The van der Waals surface area contributed by atoms with Crippen LogP contribution in [0.25, 0.3) is 0 Å². The van der Waals surface area contributed by atoms with E-state index in [1.165, 1.54) is 19.2 Å². The van der Waals surface area contributed by atoms with Crippen molar-refractivity contribution in [3.8, 4) is 6.01 Å². The Morgan fingerprint density at radius 3 is 2.79 bits per heavy atom. The molecule has 0 bridgehead atoms. The van der Waals surface area contributed by atoms with Gasteiger partial charge in [-0.05, 0) is 34.8 Å². The van der Waals surface area contributed by atoms with E-state index in [0.29, 0.717) is 13.1 Å². The van der Waals surface area contributed by atoms with Crippen molar-refractivity contribution in [3.05, 3.63) is 45.0 Å². The molecule has 1 atom stereocenters. The molecule has 0 spiro atoms. The third-order valence-electron chi connectivity index (χ3n) is 3.71. The maximum absolute atomic E-state index is 12.6. The summed E-state index contributed by atoms with van der Waals surface area (Å²) in [5, 5.41) is 4.01. The van der Waals surface area contributed by atoms with E-state index in [1.54, 1.807) is 17.3 Å². The highest BCUT2D eigenvalue weighted by atomic mass is 79.9. The van der Waals surface area contributed by atoms with E-state index in [2.05, 4.69) is 31.0 Å². The lowest BCUT2D eigenvalue weighted by molar-refractivity contribution is 0.0508. The first-order valence-electron chi connectivity index (χ1n) is 7.51. The van der Waals surface area contributed by atoms with Crippen LogP contribution < -0.4 is 10.3 Å². The molecular formula is C15H16BrN5O3. The van der Waals surface area contributed by atoms with Gasteiger partial charge in [0.2, 0.25) is 0 Å². The van der Waals surface area contributed by atoms with Crippen LogP contribution in [-0.2, 0) is 7.05 Å². The number of rotatable bonds is 3. The number of carbonyl (C=O) groups excluding carboxylic acids is 1. The van der Waals surface area contributed by atoms with Gasteiger partial charge in [0, 0.05) is 32.1 Å². The number of aromatic nitrogens is 4. The van der Waals surface area contributed by atoms with Crippen molar-refractivity contribution in [2.24, 2.45) is 7.05 Å². The van der Waals surface area contributed by atoms with Gasteiger partial charge in [0.25, 0.3) is 11.5 Å². The Bertz CT molecular complexity index is 792. The van der Waals surface area contributed by atoms with Crippen molar-refractivity contribution < 1.29 is 9.53 Å². The van der Waals surface area contributed by atoms with Gasteiger partial charge in [-0.15, -0.1) is 0 Å². The molecule has 3 heterocycles. The zero-order valence-electron chi connectivity index (χ0n) is 13.1. The van der Waals surface area contributed by atoms with E-state index in [0.717, 1.165) is 22.0 Å². The summed E-state index contributed by atoms with van der Waals surface area (Å²) in [5.41, 5.74) is -0.00330. The predicted octanol–water partition coefficient (Wildman–Crippen LogP) is 1.02. The highest BCUT2D eigenvalue weighted by Gasteiger charge is 2.27. The highest BCUT2D eigenvalue weighted by molar-refractivity contribution is 9.10. The van der Waals surface area contributed by atoms with Crippen LogP contribution in [0.3, 0.4) is 0 Å². The average molecular weight is 394 g/mol. The van der Waals surface area contributed by atoms with Crippen LogP contribution in [0.5, 0.6) is 6.01 Å². The minimum absolute atomic E-state index is 0.170. The van der Waals surface area contributed by atoms with Crippen LogP contribution >= 0.6 is 15.9 Å². The number of aryl methyl sites for hydroxylation is 1. The first-order valence-corrected chi connectivity index (χ1v) is 8.30. The van der Waals surface area contributed by atoms with E-state index in [-0.39, 0.29) is 29.3 Å². The third kappa shape index (κ3) is 3.78. The molecule has 1 aliphatic rings. The lowest BCUT2D eigenvalue weighted by Crippen LogP contribution is -2.45. The number of hydrogen-bond donors (Lipinski definition) is 0. The molecule has 1 unspecified atom stereocenters. The molecular weight excluding hydrogens is 378 g/mol. The van der Waals surface area contributed by atoms with Gasteiger partial charge in [-0.25, -0.2) is 14.6 Å². The molecule has 126 valence electrons. The van der Waals surface area contributed by atoms with Gasteiger partial charge in [-0.3, -0.25) is 9.59 Å². The molecule has 3 rings (SSSR count). The highest BCUT2D eigenvalue weighted by Crippen LogP contribution is 2.17. The van der Waals surface area contributed by atoms with E-state index >= 15 is 0 Å². The fourth-order valence-corrected chi connectivity index (χ4v) is 2.71. The second kappa shape index (κ2) is 7.08. The normalized spacial score (nSPS) is 17.6. The maximum Gasteiger partial charge on any atom is 0.316 e. The Labute approximate surface area is 146 Å². The van der Waals surface area contributed by atoms with E-state index in [4.69, 9.17) is 4.74 Å². The Morgan fingerprint density at radius 1 is 1.33 bits per heavy atom. The van der Waals surface area contributed by atoms with E-state index in [1.807, 2.05) is 0 Å². The summed E-state index contributed by atoms with van der Waals surface area (Å²) >= 11 is 3.27. The van der Waals surface area contributed by atoms with Crippen LogP contribution in [0.15, 0.2) is 33.8 Å². The predicted molar refractivity (Wildman–Crippen MR) is 88.8 cm³/mol. The largest absolute Gasteiger partial charge is 0.458 e. The summed E-state index contributed by atoms with van der Waals surface area (Å²) in [6, 6.07) is 3.08. The van der Waals surface area contributed by atoms with Crippen molar-refractivity contribution in [1.29, 1.82) is 0 Å². The number of carbonyl (C=O) groups is 1. The summed E-state index contributed by atoms with van der Waals surface area (Å²) in [7, 11) is 1.52. The molecule has 1 saturated heterocycles. The molecule has 0 N–H and O–H groups in total. The van der Waals surface area contributed by atoms with Gasteiger partial charge in [0.05, 0.1) is 11.0 Å². The Kier molecular flexibility index (Phi) is 4.89. The summed E-state index contributed by atoms with van der Waals surface area (Å²) in [5.74, 6) is -0.212. The van der Waals surface area contributed by atoms with Crippen LogP contribution in [0.2, 0.25) is 0 Å². The third-order valence-corrected chi connectivity index (χ3v) is 4.12. The molecule has 8 nitrogen and oxygen atoms in total. The standard InChI is InChI=1S/C15H16BrN5O3/c1-20-13(22)5-4-12(19-20)14(23)21-6-2-3-11(9-21)24-15-17-7-10(16)8-18-15/h4-5,7-8,11H,2-3,6,9H2,1H3. The molecule has 24 heavy (non-hydrogen) atoms.